The van der Waals surface area contributed by atoms with Gasteiger partial charge < -0.3 is 14.6 Å². The first-order valence-electron chi connectivity index (χ1n) is 3.15. The Bertz CT molecular complexity index is 76.4. The lowest BCUT2D eigenvalue weighted by Crippen LogP contribution is -2.30. The van der Waals surface area contributed by atoms with Crippen LogP contribution in [-0.4, -0.2) is 31.2 Å². The van der Waals surface area contributed by atoms with E-state index in [0.717, 1.165) is 12.8 Å². The van der Waals surface area contributed by atoms with Gasteiger partial charge in [0.1, 0.15) is 0 Å². The summed E-state index contributed by atoms with van der Waals surface area (Å²) in [5.74, 6) is 0. The largest absolute Gasteiger partial charge is 0.391 e. The van der Waals surface area contributed by atoms with Crippen LogP contribution in [0.2, 0.25) is 0 Å². The van der Waals surface area contributed by atoms with Crippen LogP contribution in [0.4, 0.5) is 0 Å². The molecule has 3 nitrogen and oxygen atoms in total. The second-order valence-corrected chi connectivity index (χ2v) is 2.23. The molecule has 1 aliphatic rings. The Labute approximate surface area is 54.6 Å². The Morgan fingerprint density at radius 2 is 2.33 bits per heavy atom. The van der Waals surface area contributed by atoms with Gasteiger partial charge in [0.15, 0.2) is 6.29 Å². The molecule has 54 valence electrons. The van der Waals surface area contributed by atoms with E-state index in [1.54, 1.807) is 7.11 Å². The third-order valence-corrected chi connectivity index (χ3v) is 1.47. The van der Waals surface area contributed by atoms with E-state index in [1.165, 1.54) is 0 Å². The molecule has 1 heterocycles. The van der Waals surface area contributed by atoms with E-state index in [2.05, 4.69) is 0 Å². The SMILES string of the molecule is CO[C@H]1CC[C@@H](O)CO1. The van der Waals surface area contributed by atoms with Crippen LogP contribution in [0.3, 0.4) is 0 Å². The van der Waals surface area contributed by atoms with Gasteiger partial charge in [-0.1, -0.05) is 0 Å². The van der Waals surface area contributed by atoms with E-state index in [0.29, 0.717) is 6.61 Å². The van der Waals surface area contributed by atoms with Crippen molar-refractivity contribution < 1.29 is 14.6 Å². The average molecular weight is 132 g/mol. The normalized spacial score (nSPS) is 36.7. The Kier molecular flexibility index (Phi) is 2.45. The third-order valence-electron chi connectivity index (χ3n) is 1.47. The number of hydrogen-bond donors (Lipinski definition) is 1. The van der Waals surface area contributed by atoms with Crippen LogP contribution >= 0.6 is 0 Å². The minimum Gasteiger partial charge on any atom is -0.391 e. The predicted molar refractivity (Wildman–Crippen MR) is 32.0 cm³/mol. The van der Waals surface area contributed by atoms with E-state index in [4.69, 9.17) is 14.6 Å². The smallest absolute Gasteiger partial charge is 0.157 e. The molecule has 0 amide bonds. The van der Waals surface area contributed by atoms with Crippen molar-refractivity contribution in [2.45, 2.75) is 25.2 Å². The summed E-state index contributed by atoms with van der Waals surface area (Å²) in [4.78, 5) is 0. The molecule has 1 saturated heterocycles. The summed E-state index contributed by atoms with van der Waals surface area (Å²) in [7, 11) is 1.61. The lowest BCUT2D eigenvalue weighted by Gasteiger charge is -2.24. The van der Waals surface area contributed by atoms with Crippen LogP contribution < -0.4 is 0 Å². The highest BCUT2D eigenvalue weighted by Gasteiger charge is 2.18. The van der Waals surface area contributed by atoms with Gasteiger partial charge in [0.25, 0.3) is 0 Å². The monoisotopic (exact) mass is 132 g/mol. The second kappa shape index (κ2) is 3.15. The van der Waals surface area contributed by atoms with Crippen LogP contribution in [0, 0.1) is 0 Å². The van der Waals surface area contributed by atoms with E-state index < -0.39 is 0 Å². The van der Waals surface area contributed by atoms with Gasteiger partial charge in [-0.3, -0.25) is 0 Å². The number of methoxy groups -OCH3 is 1. The topological polar surface area (TPSA) is 38.7 Å². The summed E-state index contributed by atoms with van der Waals surface area (Å²) in [5, 5.41) is 8.94. The van der Waals surface area contributed by atoms with Crippen molar-refractivity contribution in [2.75, 3.05) is 13.7 Å². The lowest BCUT2D eigenvalue weighted by molar-refractivity contribution is -0.172. The van der Waals surface area contributed by atoms with Crippen molar-refractivity contribution in [2.24, 2.45) is 0 Å². The molecule has 0 aliphatic carbocycles. The van der Waals surface area contributed by atoms with Gasteiger partial charge in [-0.2, -0.15) is 0 Å². The van der Waals surface area contributed by atoms with Crippen molar-refractivity contribution >= 4 is 0 Å². The van der Waals surface area contributed by atoms with Crippen molar-refractivity contribution in [1.82, 2.24) is 0 Å². The van der Waals surface area contributed by atoms with Gasteiger partial charge in [-0.15, -0.1) is 0 Å². The van der Waals surface area contributed by atoms with E-state index in [-0.39, 0.29) is 12.4 Å². The molecule has 1 N–H and O–H groups in total. The zero-order valence-electron chi connectivity index (χ0n) is 5.54. The summed E-state index contributed by atoms with van der Waals surface area (Å²) >= 11 is 0. The molecule has 1 aliphatic heterocycles. The maximum absolute atomic E-state index is 8.94. The first kappa shape index (κ1) is 6.99. The number of ether oxygens (including phenoxy) is 2. The molecule has 2 atom stereocenters. The van der Waals surface area contributed by atoms with Gasteiger partial charge in [-0.05, 0) is 6.42 Å². The molecular weight excluding hydrogens is 120 g/mol. The third kappa shape index (κ3) is 1.93. The number of aliphatic hydroxyl groups is 1. The molecule has 0 aromatic carbocycles. The standard InChI is InChI=1S/C6H12O3/c1-8-6-3-2-5(7)4-9-6/h5-7H,2-4H2,1H3/t5-,6-/m1/s1. The van der Waals surface area contributed by atoms with E-state index >= 15 is 0 Å². The minimum absolute atomic E-state index is 0.0894. The highest BCUT2D eigenvalue weighted by molar-refractivity contribution is 4.62. The molecule has 0 bridgehead atoms. The Morgan fingerprint density at radius 3 is 2.78 bits per heavy atom. The fourth-order valence-electron chi connectivity index (χ4n) is 0.899. The van der Waals surface area contributed by atoms with Gasteiger partial charge in [0.05, 0.1) is 12.7 Å². The lowest BCUT2D eigenvalue weighted by atomic mass is 10.1. The van der Waals surface area contributed by atoms with Crippen molar-refractivity contribution in [1.29, 1.82) is 0 Å². The van der Waals surface area contributed by atoms with Crippen LogP contribution in [-0.2, 0) is 9.47 Å². The predicted octanol–water partition coefficient (Wildman–Crippen LogP) is 0.130. The highest BCUT2D eigenvalue weighted by atomic mass is 16.7. The van der Waals surface area contributed by atoms with Gasteiger partial charge >= 0.3 is 0 Å². The Hall–Kier alpha value is -0.120. The fourth-order valence-corrected chi connectivity index (χ4v) is 0.899. The molecule has 0 aromatic rings. The molecule has 1 fully saturated rings. The molecule has 0 saturated carbocycles. The first-order valence-corrected chi connectivity index (χ1v) is 3.15. The Morgan fingerprint density at radius 1 is 1.56 bits per heavy atom. The molecule has 3 heteroatoms. The molecular formula is C6H12O3. The van der Waals surface area contributed by atoms with Gasteiger partial charge in [0.2, 0.25) is 0 Å². The van der Waals surface area contributed by atoms with E-state index in [9.17, 15) is 0 Å². The Balaban J connectivity index is 2.18. The number of rotatable bonds is 1. The second-order valence-electron chi connectivity index (χ2n) is 2.23. The number of aliphatic hydroxyl groups excluding tert-OH is 1. The zero-order chi connectivity index (χ0) is 6.69. The molecule has 0 spiro atoms. The van der Waals surface area contributed by atoms with Crippen molar-refractivity contribution in [3.05, 3.63) is 0 Å². The fraction of sp³-hybridized carbons (Fsp3) is 1.00. The zero-order valence-corrected chi connectivity index (χ0v) is 5.54. The summed E-state index contributed by atoms with van der Waals surface area (Å²) in [6.07, 6.45) is 1.22. The summed E-state index contributed by atoms with van der Waals surface area (Å²) < 4.78 is 9.97. The van der Waals surface area contributed by atoms with E-state index in [1.807, 2.05) is 0 Å². The van der Waals surface area contributed by atoms with Crippen molar-refractivity contribution in [3.8, 4) is 0 Å². The van der Waals surface area contributed by atoms with Crippen LogP contribution in [0.1, 0.15) is 12.8 Å². The van der Waals surface area contributed by atoms with Crippen molar-refractivity contribution in [3.63, 3.8) is 0 Å². The van der Waals surface area contributed by atoms with Crippen LogP contribution in [0.15, 0.2) is 0 Å². The molecule has 0 unspecified atom stereocenters. The van der Waals surface area contributed by atoms with Crippen LogP contribution in [0.5, 0.6) is 0 Å². The quantitative estimate of drug-likeness (QED) is 0.551. The molecule has 9 heavy (non-hydrogen) atoms. The molecule has 1 rings (SSSR count). The summed E-state index contributed by atoms with van der Waals surface area (Å²) in [6.45, 7) is 0.415. The summed E-state index contributed by atoms with van der Waals surface area (Å²) in [6, 6.07) is 0. The molecule has 0 aromatic heterocycles. The van der Waals surface area contributed by atoms with Crippen LogP contribution in [0.25, 0.3) is 0 Å². The average Bonchev–Trinajstić information content (AvgIpc) is 1.90. The number of hydrogen-bond acceptors (Lipinski definition) is 3. The molecule has 0 radical (unpaired) electrons. The maximum Gasteiger partial charge on any atom is 0.157 e. The summed E-state index contributed by atoms with van der Waals surface area (Å²) in [5.41, 5.74) is 0. The van der Waals surface area contributed by atoms with Gasteiger partial charge in [-0.25, -0.2) is 0 Å². The highest BCUT2D eigenvalue weighted by Crippen LogP contribution is 2.12. The first-order chi connectivity index (χ1) is 4.33. The maximum atomic E-state index is 8.94. The minimum atomic E-state index is -0.281. The van der Waals surface area contributed by atoms with Gasteiger partial charge in [0, 0.05) is 13.5 Å².